The summed E-state index contributed by atoms with van der Waals surface area (Å²) in [5.74, 6) is -0.418. The highest BCUT2D eigenvalue weighted by molar-refractivity contribution is 7.09. The summed E-state index contributed by atoms with van der Waals surface area (Å²) in [6.45, 7) is 9.05. The van der Waals surface area contributed by atoms with Crippen LogP contribution < -0.4 is 5.32 Å². The third kappa shape index (κ3) is 7.33. The van der Waals surface area contributed by atoms with Crippen molar-refractivity contribution in [1.29, 1.82) is 0 Å². The molecule has 0 aliphatic rings. The number of thiazole rings is 1. The lowest BCUT2D eigenvalue weighted by Gasteiger charge is -2.23. The number of nitrogens with zero attached hydrogens (tertiary/aromatic N) is 2. The summed E-state index contributed by atoms with van der Waals surface area (Å²) in [4.78, 5) is 19.5. The predicted octanol–water partition coefficient (Wildman–Crippen LogP) is 6.71. The molecule has 36 heavy (non-hydrogen) atoms. The first kappa shape index (κ1) is 25.7. The van der Waals surface area contributed by atoms with Gasteiger partial charge >= 0.3 is 0 Å². The number of aromatic nitrogens is 1. The molecule has 1 aromatic heterocycles. The fourth-order valence-electron chi connectivity index (χ4n) is 3.93. The van der Waals surface area contributed by atoms with Crippen LogP contribution in [0, 0.1) is 5.82 Å². The molecule has 1 heterocycles. The van der Waals surface area contributed by atoms with Crippen LogP contribution in [-0.4, -0.2) is 15.8 Å². The van der Waals surface area contributed by atoms with Crippen molar-refractivity contribution >= 4 is 17.2 Å². The molecule has 0 saturated heterocycles. The first-order valence-corrected chi connectivity index (χ1v) is 13.0. The number of halogens is 1. The maximum atomic E-state index is 13.4. The summed E-state index contributed by atoms with van der Waals surface area (Å²) in [7, 11) is 0. The Morgan fingerprint density at radius 1 is 0.861 bits per heavy atom. The second-order valence-electron chi connectivity index (χ2n) is 10.0. The van der Waals surface area contributed by atoms with Crippen molar-refractivity contribution < 1.29 is 9.18 Å². The van der Waals surface area contributed by atoms with Crippen LogP contribution in [0.2, 0.25) is 0 Å². The van der Waals surface area contributed by atoms with Crippen molar-refractivity contribution in [2.45, 2.75) is 52.4 Å². The van der Waals surface area contributed by atoms with Crippen LogP contribution in [0.5, 0.6) is 0 Å². The minimum atomic E-state index is -0.242. The molecule has 186 valence electrons. The highest BCUT2D eigenvalue weighted by Crippen LogP contribution is 2.23. The average Bonchev–Trinajstić information content (AvgIpc) is 3.33. The van der Waals surface area contributed by atoms with E-state index < -0.39 is 0 Å². The van der Waals surface area contributed by atoms with Crippen LogP contribution in [0.1, 0.15) is 58.5 Å². The van der Waals surface area contributed by atoms with Crippen LogP contribution in [-0.2, 0) is 31.6 Å². The Hall–Kier alpha value is -3.35. The molecular weight excluding hydrogens is 469 g/mol. The highest BCUT2D eigenvalue weighted by Gasteiger charge is 2.16. The average molecular weight is 502 g/mol. The number of hydrogen-bond acceptors (Lipinski definition) is 4. The van der Waals surface area contributed by atoms with Crippen LogP contribution in [0.25, 0.3) is 0 Å². The van der Waals surface area contributed by atoms with Gasteiger partial charge in [0, 0.05) is 25.0 Å². The zero-order chi connectivity index (χ0) is 25.5. The molecule has 0 bridgehead atoms. The van der Waals surface area contributed by atoms with Crippen molar-refractivity contribution in [2.75, 3.05) is 0 Å². The Labute approximate surface area is 216 Å². The Morgan fingerprint density at radius 2 is 1.47 bits per heavy atom. The molecule has 4 nitrogen and oxygen atoms in total. The Morgan fingerprint density at radius 3 is 2.08 bits per heavy atom. The van der Waals surface area contributed by atoms with Gasteiger partial charge in [0.15, 0.2) is 0 Å². The number of amides is 1. The van der Waals surface area contributed by atoms with Crippen molar-refractivity contribution in [3.63, 3.8) is 0 Å². The zero-order valence-electron chi connectivity index (χ0n) is 21.0. The number of nitrogens with one attached hydrogen (secondary N) is 1. The minimum Gasteiger partial charge on any atom is -0.347 e. The van der Waals surface area contributed by atoms with E-state index in [1.165, 1.54) is 34.6 Å². The van der Waals surface area contributed by atoms with Crippen LogP contribution in [0.3, 0.4) is 0 Å². The quantitative estimate of drug-likeness (QED) is 0.277. The topological polar surface area (TPSA) is 45.2 Å². The summed E-state index contributed by atoms with van der Waals surface area (Å²) in [5.41, 5.74) is 5.10. The van der Waals surface area contributed by atoms with Crippen LogP contribution >= 0.6 is 11.3 Å². The van der Waals surface area contributed by atoms with Crippen molar-refractivity contribution in [3.05, 3.63) is 123 Å². The molecule has 1 amide bonds. The lowest BCUT2D eigenvalue weighted by molar-refractivity contribution is 0.0946. The fourth-order valence-corrected chi connectivity index (χ4v) is 4.75. The van der Waals surface area contributed by atoms with Gasteiger partial charge in [-0.15, -0.1) is 11.3 Å². The van der Waals surface area contributed by atoms with Gasteiger partial charge in [0.1, 0.15) is 16.5 Å². The van der Waals surface area contributed by atoms with Gasteiger partial charge in [-0.25, -0.2) is 9.37 Å². The summed E-state index contributed by atoms with van der Waals surface area (Å²) in [5, 5.41) is 5.62. The summed E-state index contributed by atoms with van der Waals surface area (Å²) in [6.07, 6.45) is 0. The number of rotatable bonds is 9. The zero-order valence-corrected chi connectivity index (χ0v) is 21.8. The van der Waals surface area contributed by atoms with Gasteiger partial charge in [0.2, 0.25) is 0 Å². The molecule has 1 N–H and O–H groups in total. The van der Waals surface area contributed by atoms with Crippen molar-refractivity contribution in [2.24, 2.45) is 0 Å². The largest absolute Gasteiger partial charge is 0.347 e. The van der Waals surface area contributed by atoms with Gasteiger partial charge in [-0.05, 0) is 39.8 Å². The second-order valence-corrected chi connectivity index (χ2v) is 11.0. The lowest BCUT2D eigenvalue weighted by Crippen LogP contribution is -2.24. The van der Waals surface area contributed by atoms with E-state index in [1.54, 1.807) is 0 Å². The maximum Gasteiger partial charge on any atom is 0.271 e. The standard InChI is InChI=1S/C30H32FN3OS/c1-30(2,3)25-13-9-23(10-14-25)18-34(19-24-11-15-26(31)16-12-24)20-28-33-27(21-36-28)29(35)32-17-22-7-5-4-6-8-22/h4-16,21H,17-20H2,1-3H3,(H,32,35). The molecule has 0 radical (unpaired) electrons. The smallest absolute Gasteiger partial charge is 0.271 e. The van der Waals surface area contributed by atoms with Crippen LogP contribution in [0.4, 0.5) is 4.39 Å². The fraction of sp³-hybridized carbons (Fsp3) is 0.267. The van der Waals surface area contributed by atoms with E-state index in [9.17, 15) is 9.18 Å². The van der Waals surface area contributed by atoms with Gasteiger partial charge in [-0.2, -0.15) is 0 Å². The van der Waals surface area contributed by atoms with Gasteiger partial charge in [-0.3, -0.25) is 9.69 Å². The SMILES string of the molecule is CC(C)(C)c1ccc(CN(Cc2ccc(F)cc2)Cc2nc(C(=O)NCc3ccccc3)cs2)cc1. The summed E-state index contributed by atoms with van der Waals surface area (Å²) >= 11 is 1.48. The molecule has 0 atom stereocenters. The second kappa shape index (κ2) is 11.6. The number of carbonyl (C=O) groups excluding carboxylic acids is 1. The molecule has 6 heteroatoms. The summed E-state index contributed by atoms with van der Waals surface area (Å²) in [6, 6.07) is 25.1. The molecular formula is C30H32FN3OS. The molecule has 0 unspecified atom stereocenters. The third-order valence-corrected chi connectivity index (χ3v) is 6.82. The molecule has 4 aromatic rings. The number of hydrogen-bond donors (Lipinski definition) is 1. The van der Waals surface area contributed by atoms with E-state index in [1.807, 2.05) is 47.8 Å². The van der Waals surface area contributed by atoms with Gasteiger partial charge in [0.25, 0.3) is 5.91 Å². The molecule has 3 aromatic carbocycles. The van der Waals surface area contributed by atoms with Crippen LogP contribution in [0.15, 0.2) is 84.2 Å². The monoisotopic (exact) mass is 501 g/mol. The minimum absolute atomic E-state index is 0.102. The molecule has 0 aliphatic heterocycles. The summed E-state index contributed by atoms with van der Waals surface area (Å²) < 4.78 is 13.4. The number of benzene rings is 3. The Bertz CT molecular complexity index is 1260. The molecule has 4 rings (SSSR count). The lowest BCUT2D eigenvalue weighted by atomic mass is 9.87. The first-order valence-electron chi connectivity index (χ1n) is 12.1. The van der Waals surface area contributed by atoms with E-state index in [-0.39, 0.29) is 17.1 Å². The van der Waals surface area contributed by atoms with Crippen molar-refractivity contribution in [3.8, 4) is 0 Å². The highest BCUT2D eigenvalue weighted by atomic mass is 32.1. The van der Waals surface area contributed by atoms with E-state index in [0.29, 0.717) is 25.3 Å². The molecule has 0 spiro atoms. The van der Waals surface area contributed by atoms with E-state index in [0.717, 1.165) is 22.7 Å². The predicted molar refractivity (Wildman–Crippen MR) is 144 cm³/mol. The Balaban J connectivity index is 1.45. The van der Waals surface area contributed by atoms with E-state index in [4.69, 9.17) is 0 Å². The Kier molecular flexibility index (Phi) is 8.28. The number of carbonyl (C=O) groups is 1. The third-order valence-electron chi connectivity index (χ3n) is 5.98. The molecule has 0 aliphatic carbocycles. The van der Waals surface area contributed by atoms with Gasteiger partial charge in [0.05, 0.1) is 6.54 Å². The van der Waals surface area contributed by atoms with Gasteiger partial charge in [-0.1, -0.05) is 87.5 Å². The van der Waals surface area contributed by atoms with Crippen molar-refractivity contribution in [1.82, 2.24) is 15.2 Å². The normalized spacial score (nSPS) is 11.6. The maximum absolute atomic E-state index is 13.4. The molecule has 0 fully saturated rings. The van der Waals surface area contributed by atoms with E-state index in [2.05, 4.69) is 60.2 Å². The first-order chi connectivity index (χ1) is 17.3. The molecule has 0 saturated carbocycles. The van der Waals surface area contributed by atoms with Gasteiger partial charge < -0.3 is 5.32 Å². The van der Waals surface area contributed by atoms with E-state index >= 15 is 0 Å².